The molecule has 0 unspecified atom stereocenters. The highest BCUT2D eigenvalue weighted by atomic mass is 16.3. The van der Waals surface area contributed by atoms with Gasteiger partial charge in [-0.05, 0) is 57.1 Å². The molecule has 1 aliphatic rings. The lowest BCUT2D eigenvalue weighted by atomic mass is 9.96. The molecule has 1 heterocycles. The van der Waals surface area contributed by atoms with Crippen LogP contribution in [-0.2, 0) is 13.2 Å². The summed E-state index contributed by atoms with van der Waals surface area (Å²) in [4.78, 5) is 4.84. The van der Waals surface area contributed by atoms with Crippen LogP contribution in [0.3, 0.4) is 0 Å². The summed E-state index contributed by atoms with van der Waals surface area (Å²) in [6.07, 6.45) is 2.62. The van der Waals surface area contributed by atoms with Gasteiger partial charge in [-0.15, -0.1) is 0 Å². The summed E-state index contributed by atoms with van der Waals surface area (Å²) < 4.78 is 0. The largest absolute Gasteiger partial charge is 0.392 e. The van der Waals surface area contributed by atoms with Gasteiger partial charge in [0.2, 0.25) is 0 Å². The summed E-state index contributed by atoms with van der Waals surface area (Å²) in [5, 5.41) is 9.04. The monoisotopic (exact) mass is 262 g/mol. The van der Waals surface area contributed by atoms with Crippen LogP contribution in [0.15, 0.2) is 24.3 Å². The topological polar surface area (TPSA) is 26.7 Å². The Balaban J connectivity index is 1.78. The number of hydrogen-bond acceptors (Lipinski definition) is 3. The molecule has 106 valence electrons. The van der Waals surface area contributed by atoms with Crippen molar-refractivity contribution in [3.63, 3.8) is 0 Å². The van der Waals surface area contributed by atoms with Crippen molar-refractivity contribution in [2.24, 2.45) is 5.92 Å². The van der Waals surface area contributed by atoms with Crippen LogP contribution in [0, 0.1) is 5.92 Å². The fourth-order valence-electron chi connectivity index (χ4n) is 2.85. The van der Waals surface area contributed by atoms with Gasteiger partial charge in [-0.3, -0.25) is 4.90 Å². The second-order valence-electron chi connectivity index (χ2n) is 5.96. The van der Waals surface area contributed by atoms with E-state index in [1.807, 2.05) is 12.1 Å². The van der Waals surface area contributed by atoms with Crippen LogP contribution in [-0.4, -0.2) is 48.6 Å². The molecule has 1 N–H and O–H groups in total. The number of aliphatic hydroxyl groups is 1. The maximum absolute atomic E-state index is 9.04. The molecule has 19 heavy (non-hydrogen) atoms. The second kappa shape index (κ2) is 7.04. The van der Waals surface area contributed by atoms with Crippen LogP contribution in [0.2, 0.25) is 0 Å². The lowest BCUT2D eigenvalue weighted by Gasteiger charge is -2.33. The number of piperidine rings is 1. The van der Waals surface area contributed by atoms with E-state index < -0.39 is 0 Å². The molecule has 1 fully saturated rings. The Morgan fingerprint density at radius 1 is 1.11 bits per heavy atom. The lowest BCUT2D eigenvalue weighted by molar-refractivity contribution is 0.157. The van der Waals surface area contributed by atoms with Crippen LogP contribution >= 0.6 is 0 Å². The Morgan fingerprint density at radius 2 is 1.68 bits per heavy atom. The molecule has 0 aromatic heterocycles. The molecule has 1 aliphatic heterocycles. The number of benzene rings is 1. The second-order valence-corrected chi connectivity index (χ2v) is 5.96. The van der Waals surface area contributed by atoms with E-state index in [0.717, 1.165) is 18.0 Å². The molecule has 3 nitrogen and oxygen atoms in total. The van der Waals surface area contributed by atoms with E-state index in [0.29, 0.717) is 0 Å². The maximum Gasteiger partial charge on any atom is 0.0681 e. The molecule has 0 spiro atoms. The van der Waals surface area contributed by atoms with Crippen molar-refractivity contribution in [2.75, 3.05) is 33.7 Å². The standard InChI is InChI=1S/C16H26N2O/c1-17(2)11-15-7-9-18(10-8-15)12-14-3-5-16(13-19)6-4-14/h3-6,15,19H,7-13H2,1-2H3. The Bertz CT molecular complexity index is 367. The number of aliphatic hydroxyl groups excluding tert-OH is 1. The summed E-state index contributed by atoms with van der Waals surface area (Å²) in [6.45, 7) is 4.82. The number of rotatable bonds is 5. The zero-order chi connectivity index (χ0) is 13.7. The fourth-order valence-corrected chi connectivity index (χ4v) is 2.85. The van der Waals surface area contributed by atoms with Crippen LogP contribution in [0.1, 0.15) is 24.0 Å². The SMILES string of the molecule is CN(C)CC1CCN(Cc2ccc(CO)cc2)CC1. The summed E-state index contributed by atoms with van der Waals surface area (Å²) in [6, 6.07) is 8.32. The third-order valence-corrected chi connectivity index (χ3v) is 3.94. The third-order valence-electron chi connectivity index (χ3n) is 3.94. The lowest BCUT2D eigenvalue weighted by Crippen LogP contribution is -2.36. The molecule has 1 aromatic rings. The minimum atomic E-state index is 0.135. The van der Waals surface area contributed by atoms with Crippen LogP contribution < -0.4 is 0 Å². The normalized spacial score (nSPS) is 18.1. The average Bonchev–Trinajstić information content (AvgIpc) is 2.41. The first-order valence-corrected chi connectivity index (χ1v) is 7.23. The predicted molar refractivity (Wildman–Crippen MR) is 78.9 cm³/mol. The Hall–Kier alpha value is -0.900. The molecule has 0 bridgehead atoms. The van der Waals surface area contributed by atoms with Crippen LogP contribution in [0.4, 0.5) is 0 Å². The van der Waals surface area contributed by atoms with E-state index in [2.05, 4.69) is 36.0 Å². The van der Waals surface area contributed by atoms with Gasteiger partial charge in [-0.1, -0.05) is 24.3 Å². The smallest absolute Gasteiger partial charge is 0.0681 e. The highest BCUT2D eigenvalue weighted by Crippen LogP contribution is 2.19. The van der Waals surface area contributed by atoms with Gasteiger partial charge in [0, 0.05) is 13.1 Å². The minimum absolute atomic E-state index is 0.135. The Morgan fingerprint density at radius 3 is 2.21 bits per heavy atom. The van der Waals surface area contributed by atoms with Crippen LogP contribution in [0.5, 0.6) is 0 Å². The molecule has 0 aliphatic carbocycles. The minimum Gasteiger partial charge on any atom is -0.392 e. The van der Waals surface area contributed by atoms with Gasteiger partial charge in [-0.25, -0.2) is 0 Å². The fraction of sp³-hybridized carbons (Fsp3) is 0.625. The van der Waals surface area contributed by atoms with Gasteiger partial charge in [0.25, 0.3) is 0 Å². The molecular weight excluding hydrogens is 236 g/mol. The summed E-state index contributed by atoms with van der Waals surface area (Å²) >= 11 is 0. The highest BCUT2D eigenvalue weighted by Gasteiger charge is 2.19. The van der Waals surface area contributed by atoms with E-state index >= 15 is 0 Å². The molecule has 2 rings (SSSR count). The third kappa shape index (κ3) is 4.60. The Kier molecular flexibility index (Phi) is 5.37. The van der Waals surface area contributed by atoms with Crippen molar-refractivity contribution in [3.05, 3.63) is 35.4 Å². The summed E-state index contributed by atoms with van der Waals surface area (Å²) in [5.74, 6) is 0.864. The van der Waals surface area contributed by atoms with Crippen molar-refractivity contribution in [1.29, 1.82) is 0 Å². The van der Waals surface area contributed by atoms with Crippen molar-refractivity contribution < 1.29 is 5.11 Å². The van der Waals surface area contributed by atoms with E-state index in [9.17, 15) is 0 Å². The molecule has 0 saturated carbocycles. The first kappa shape index (κ1) is 14.5. The molecule has 1 saturated heterocycles. The van der Waals surface area contributed by atoms with E-state index in [1.54, 1.807) is 0 Å². The molecule has 0 radical (unpaired) electrons. The molecule has 1 aromatic carbocycles. The average molecular weight is 262 g/mol. The van der Waals surface area contributed by atoms with Gasteiger partial charge in [-0.2, -0.15) is 0 Å². The van der Waals surface area contributed by atoms with Gasteiger partial charge in [0.15, 0.2) is 0 Å². The van der Waals surface area contributed by atoms with Crippen molar-refractivity contribution in [2.45, 2.75) is 26.0 Å². The number of hydrogen-bond donors (Lipinski definition) is 1. The van der Waals surface area contributed by atoms with Crippen molar-refractivity contribution in [1.82, 2.24) is 9.80 Å². The van der Waals surface area contributed by atoms with Gasteiger partial charge in [0.1, 0.15) is 0 Å². The molecule has 0 atom stereocenters. The molecule has 0 amide bonds. The van der Waals surface area contributed by atoms with Crippen molar-refractivity contribution in [3.8, 4) is 0 Å². The van der Waals surface area contributed by atoms with Crippen molar-refractivity contribution >= 4 is 0 Å². The Labute approximate surface area is 116 Å². The summed E-state index contributed by atoms with van der Waals surface area (Å²) in [5.41, 5.74) is 2.34. The van der Waals surface area contributed by atoms with Gasteiger partial charge >= 0.3 is 0 Å². The zero-order valence-electron chi connectivity index (χ0n) is 12.2. The first-order chi connectivity index (χ1) is 9.17. The van der Waals surface area contributed by atoms with Crippen LogP contribution in [0.25, 0.3) is 0 Å². The van der Waals surface area contributed by atoms with Gasteiger partial charge < -0.3 is 10.0 Å². The van der Waals surface area contributed by atoms with E-state index in [-0.39, 0.29) is 6.61 Å². The number of nitrogens with zero attached hydrogens (tertiary/aromatic N) is 2. The molecular formula is C16H26N2O. The first-order valence-electron chi connectivity index (χ1n) is 7.23. The predicted octanol–water partition coefficient (Wildman–Crippen LogP) is 1.95. The zero-order valence-corrected chi connectivity index (χ0v) is 12.2. The quantitative estimate of drug-likeness (QED) is 0.878. The van der Waals surface area contributed by atoms with E-state index in [4.69, 9.17) is 5.11 Å². The summed E-state index contributed by atoms with van der Waals surface area (Å²) in [7, 11) is 4.32. The van der Waals surface area contributed by atoms with Gasteiger partial charge in [0.05, 0.1) is 6.61 Å². The number of likely N-dealkylation sites (tertiary alicyclic amines) is 1. The highest BCUT2D eigenvalue weighted by molar-refractivity contribution is 5.21. The maximum atomic E-state index is 9.04. The molecule has 3 heteroatoms. The van der Waals surface area contributed by atoms with E-state index in [1.165, 1.54) is 38.0 Å².